The summed E-state index contributed by atoms with van der Waals surface area (Å²) in [4.78, 5) is 19.0. The van der Waals surface area contributed by atoms with E-state index >= 15 is 0 Å². The molecule has 1 unspecified atom stereocenters. The zero-order valence-electron chi connectivity index (χ0n) is 12.0. The van der Waals surface area contributed by atoms with Crippen LogP contribution in [0.3, 0.4) is 0 Å². The summed E-state index contributed by atoms with van der Waals surface area (Å²) in [6.07, 6.45) is 2.12. The summed E-state index contributed by atoms with van der Waals surface area (Å²) >= 11 is 6.24. The summed E-state index contributed by atoms with van der Waals surface area (Å²) in [5.74, 6) is -0.150. The molecule has 3 rings (SSSR count). The number of pyridine rings is 1. The van der Waals surface area contributed by atoms with Gasteiger partial charge in [0, 0.05) is 18.0 Å². The molecule has 1 N–H and O–H groups in total. The Morgan fingerprint density at radius 2 is 2.24 bits per heavy atom. The average molecular weight is 304 g/mol. The number of aromatic nitrogens is 1. The number of benzene rings is 1. The second-order valence-corrected chi connectivity index (χ2v) is 5.99. The van der Waals surface area contributed by atoms with Crippen molar-refractivity contribution in [2.24, 2.45) is 0 Å². The second kappa shape index (κ2) is 6.00. The van der Waals surface area contributed by atoms with Gasteiger partial charge < -0.3 is 10.2 Å². The van der Waals surface area contributed by atoms with Crippen molar-refractivity contribution in [3.8, 4) is 0 Å². The Hall–Kier alpha value is -1.65. The third-order valence-electron chi connectivity index (χ3n) is 3.86. The fraction of sp³-hybridized carbons (Fsp3) is 0.375. The van der Waals surface area contributed by atoms with Crippen molar-refractivity contribution in [1.82, 2.24) is 15.2 Å². The minimum Gasteiger partial charge on any atom is -0.347 e. The van der Waals surface area contributed by atoms with Gasteiger partial charge in [0.25, 0.3) is 5.91 Å². The summed E-state index contributed by atoms with van der Waals surface area (Å²) < 4.78 is 0. The largest absolute Gasteiger partial charge is 0.347 e. The number of piperidine rings is 1. The lowest BCUT2D eigenvalue weighted by molar-refractivity contribution is 0.0908. The number of fused-ring (bicyclic) bond motifs is 1. The van der Waals surface area contributed by atoms with E-state index in [1.54, 1.807) is 6.07 Å². The van der Waals surface area contributed by atoms with Crippen LogP contribution in [0.25, 0.3) is 10.9 Å². The molecule has 110 valence electrons. The van der Waals surface area contributed by atoms with E-state index in [4.69, 9.17) is 11.6 Å². The van der Waals surface area contributed by atoms with Gasteiger partial charge in [-0.15, -0.1) is 0 Å². The molecule has 2 heterocycles. The lowest BCUT2D eigenvalue weighted by atomic mass is 10.1. The topological polar surface area (TPSA) is 45.2 Å². The molecule has 0 saturated carbocycles. The number of hydrogen-bond acceptors (Lipinski definition) is 3. The summed E-state index contributed by atoms with van der Waals surface area (Å²) in [6.45, 7) is 1.97. The van der Waals surface area contributed by atoms with E-state index < -0.39 is 0 Å². The van der Waals surface area contributed by atoms with Gasteiger partial charge in [-0.25, -0.2) is 4.98 Å². The number of amides is 1. The number of halogens is 1. The third-order valence-corrected chi connectivity index (χ3v) is 4.17. The molecule has 2 aromatic rings. The molecule has 1 aromatic heterocycles. The first-order valence-corrected chi connectivity index (χ1v) is 7.56. The SMILES string of the molecule is CN1CCCC(NC(=O)c2cc(Cl)c3ccccc3n2)C1. The molecule has 0 spiro atoms. The molecule has 1 aliphatic rings. The molecule has 5 heteroatoms. The maximum absolute atomic E-state index is 12.4. The van der Waals surface area contributed by atoms with Crippen LogP contribution in [-0.4, -0.2) is 42.0 Å². The van der Waals surface area contributed by atoms with Gasteiger partial charge in [0.05, 0.1) is 10.5 Å². The molecule has 1 fully saturated rings. The number of para-hydroxylation sites is 1. The van der Waals surface area contributed by atoms with E-state index in [0.29, 0.717) is 10.7 Å². The number of hydrogen-bond donors (Lipinski definition) is 1. The number of likely N-dealkylation sites (tertiary alicyclic amines) is 1. The average Bonchev–Trinajstić information content (AvgIpc) is 2.47. The lowest BCUT2D eigenvalue weighted by Crippen LogP contribution is -2.46. The first kappa shape index (κ1) is 14.3. The lowest BCUT2D eigenvalue weighted by Gasteiger charge is -2.30. The van der Waals surface area contributed by atoms with Crippen molar-refractivity contribution in [3.05, 3.63) is 41.0 Å². The van der Waals surface area contributed by atoms with Crippen molar-refractivity contribution in [2.45, 2.75) is 18.9 Å². The molecule has 0 radical (unpaired) electrons. The maximum atomic E-state index is 12.4. The fourth-order valence-corrected chi connectivity index (χ4v) is 3.06. The van der Waals surface area contributed by atoms with Crippen molar-refractivity contribution >= 4 is 28.4 Å². The van der Waals surface area contributed by atoms with E-state index in [1.807, 2.05) is 24.3 Å². The smallest absolute Gasteiger partial charge is 0.270 e. The van der Waals surface area contributed by atoms with E-state index in [9.17, 15) is 4.79 Å². The Bertz CT molecular complexity index is 674. The van der Waals surface area contributed by atoms with Gasteiger partial charge in [0.15, 0.2) is 0 Å². The number of carbonyl (C=O) groups is 1. The molecule has 1 amide bonds. The van der Waals surface area contributed by atoms with Gasteiger partial charge in [-0.05, 0) is 38.6 Å². The molecule has 1 saturated heterocycles. The van der Waals surface area contributed by atoms with Crippen molar-refractivity contribution in [2.75, 3.05) is 20.1 Å². The zero-order valence-corrected chi connectivity index (χ0v) is 12.7. The van der Waals surface area contributed by atoms with Crippen molar-refractivity contribution in [3.63, 3.8) is 0 Å². The van der Waals surface area contributed by atoms with Gasteiger partial charge in [-0.2, -0.15) is 0 Å². The van der Waals surface area contributed by atoms with Crippen LogP contribution < -0.4 is 5.32 Å². The van der Waals surface area contributed by atoms with Gasteiger partial charge >= 0.3 is 0 Å². The first-order chi connectivity index (χ1) is 10.1. The molecule has 1 atom stereocenters. The second-order valence-electron chi connectivity index (χ2n) is 5.58. The Morgan fingerprint density at radius 3 is 3.05 bits per heavy atom. The molecule has 0 aliphatic carbocycles. The molecule has 1 aromatic carbocycles. The highest BCUT2D eigenvalue weighted by atomic mass is 35.5. The maximum Gasteiger partial charge on any atom is 0.270 e. The van der Waals surface area contributed by atoms with Gasteiger partial charge in [0.2, 0.25) is 0 Å². The van der Waals surface area contributed by atoms with Gasteiger partial charge in [-0.1, -0.05) is 29.8 Å². The zero-order chi connectivity index (χ0) is 14.8. The molecule has 4 nitrogen and oxygen atoms in total. The van der Waals surface area contributed by atoms with Crippen LogP contribution in [0, 0.1) is 0 Å². The van der Waals surface area contributed by atoms with Crippen LogP contribution in [0.5, 0.6) is 0 Å². The number of nitrogens with zero attached hydrogens (tertiary/aromatic N) is 2. The van der Waals surface area contributed by atoms with Crippen LogP contribution in [-0.2, 0) is 0 Å². The monoisotopic (exact) mass is 303 g/mol. The number of nitrogens with one attached hydrogen (secondary N) is 1. The standard InChI is InChI=1S/C16H18ClN3O/c1-20-8-4-5-11(10-20)18-16(21)15-9-13(17)12-6-2-3-7-14(12)19-15/h2-3,6-7,9,11H,4-5,8,10H2,1H3,(H,18,21). The Labute approximate surface area is 129 Å². The summed E-state index contributed by atoms with van der Waals surface area (Å²) in [5.41, 5.74) is 1.13. The van der Waals surface area contributed by atoms with Crippen LogP contribution in [0.4, 0.5) is 0 Å². The Balaban J connectivity index is 1.81. The highest BCUT2D eigenvalue weighted by Crippen LogP contribution is 2.22. The molecule has 0 bridgehead atoms. The van der Waals surface area contributed by atoms with E-state index in [0.717, 1.165) is 36.8 Å². The quantitative estimate of drug-likeness (QED) is 0.928. The Morgan fingerprint density at radius 1 is 1.43 bits per heavy atom. The van der Waals surface area contributed by atoms with Crippen molar-refractivity contribution in [1.29, 1.82) is 0 Å². The number of likely N-dealkylation sites (N-methyl/N-ethyl adjacent to an activating group) is 1. The Kier molecular flexibility index (Phi) is 4.08. The fourth-order valence-electron chi connectivity index (χ4n) is 2.79. The van der Waals surface area contributed by atoms with Gasteiger partial charge in [0.1, 0.15) is 5.69 Å². The van der Waals surface area contributed by atoms with E-state index in [-0.39, 0.29) is 11.9 Å². The minimum absolute atomic E-state index is 0.150. The van der Waals surface area contributed by atoms with E-state index in [1.165, 1.54) is 0 Å². The predicted octanol–water partition coefficient (Wildman–Crippen LogP) is 2.71. The predicted molar refractivity (Wildman–Crippen MR) is 84.7 cm³/mol. The summed E-state index contributed by atoms with van der Waals surface area (Å²) in [7, 11) is 2.07. The van der Waals surface area contributed by atoms with Crippen LogP contribution in [0.1, 0.15) is 23.3 Å². The van der Waals surface area contributed by atoms with Crippen LogP contribution in [0.2, 0.25) is 5.02 Å². The summed E-state index contributed by atoms with van der Waals surface area (Å²) in [6, 6.07) is 9.40. The van der Waals surface area contributed by atoms with E-state index in [2.05, 4.69) is 22.2 Å². The molecular weight excluding hydrogens is 286 g/mol. The number of rotatable bonds is 2. The molecule has 1 aliphatic heterocycles. The molecule has 21 heavy (non-hydrogen) atoms. The highest BCUT2D eigenvalue weighted by Gasteiger charge is 2.20. The first-order valence-electron chi connectivity index (χ1n) is 7.18. The highest BCUT2D eigenvalue weighted by molar-refractivity contribution is 6.35. The number of carbonyl (C=O) groups excluding carboxylic acids is 1. The normalized spacial score (nSPS) is 19.6. The van der Waals surface area contributed by atoms with Gasteiger partial charge in [-0.3, -0.25) is 4.79 Å². The molecular formula is C16H18ClN3O. The van der Waals surface area contributed by atoms with Crippen LogP contribution >= 0.6 is 11.6 Å². The van der Waals surface area contributed by atoms with Crippen LogP contribution in [0.15, 0.2) is 30.3 Å². The summed E-state index contributed by atoms with van der Waals surface area (Å²) in [5, 5.41) is 4.49. The van der Waals surface area contributed by atoms with Crippen molar-refractivity contribution < 1.29 is 4.79 Å². The third kappa shape index (κ3) is 3.17. The minimum atomic E-state index is -0.150.